The van der Waals surface area contributed by atoms with Gasteiger partial charge in [0, 0.05) is 18.4 Å². The summed E-state index contributed by atoms with van der Waals surface area (Å²) in [7, 11) is 0. The number of aliphatic imine (C=N–C) groups is 1. The Bertz CT molecular complexity index is 128. The molecule has 0 bridgehead atoms. The molecule has 1 atom stereocenters. The summed E-state index contributed by atoms with van der Waals surface area (Å²) in [5.74, 6) is 0. The number of hydrogen-bond donors (Lipinski definition) is 1. The topological polar surface area (TPSA) is 32.6 Å². The van der Waals surface area contributed by atoms with Crippen LogP contribution in [-0.2, 0) is 0 Å². The predicted octanol–water partition coefficient (Wildman–Crippen LogP) is 2.34. The fourth-order valence-corrected chi connectivity index (χ4v) is 2.09. The van der Waals surface area contributed by atoms with E-state index < -0.39 is 0 Å². The van der Waals surface area contributed by atoms with Gasteiger partial charge in [-0.3, -0.25) is 4.99 Å². The first-order valence-electron chi connectivity index (χ1n) is 3.59. The Morgan fingerprint density at radius 3 is 2.73 bits per heavy atom. The summed E-state index contributed by atoms with van der Waals surface area (Å²) in [5.41, 5.74) is 0. The third-order valence-corrected chi connectivity index (χ3v) is 2.21. The van der Waals surface area contributed by atoms with Crippen molar-refractivity contribution in [3.63, 3.8) is 0 Å². The lowest BCUT2D eigenvalue weighted by atomic mass is 10.2. The van der Waals surface area contributed by atoms with Crippen LogP contribution in [0, 0.1) is 0 Å². The molecule has 0 amide bonds. The zero-order valence-corrected chi connectivity index (χ0v) is 9.73. The molecule has 0 spiro atoms. The molecule has 4 heteroatoms. The minimum absolute atomic E-state index is 0.208. The average molecular weight is 287 g/mol. The van der Waals surface area contributed by atoms with Crippen molar-refractivity contribution in [2.45, 2.75) is 25.8 Å². The molecule has 0 aromatic heterocycles. The SMILES string of the molecule is CC(CCO)N=C(Br)CCBr. The van der Waals surface area contributed by atoms with Gasteiger partial charge in [-0.15, -0.1) is 0 Å². The Morgan fingerprint density at radius 2 is 2.27 bits per heavy atom. The highest BCUT2D eigenvalue weighted by Gasteiger charge is 1.99. The van der Waals surface area contributed by atoms with E-state index >= 15 is 0 Å². The Morgan fingerprint density at radius 1 is 1.64 bits per heavy atom. The highest BCUT2D eigenvalue weighted by molar-refractivity contribution is 9.18. The molecule has 0 heterocycles. The number of aliphatic hydroxyl groups excluding tert-OH is 1. The van der Waals surface area contributed by atoms with Crippen LogP contribution in [0.4, 0.5) is 0 Å². The lowest BCUT2D eigenvalue weighted by molar-refractivity contribution is 0.279. The van der Waals surface area contributed by atoms with Gasteiger partial charge in [0.1, 0.15) is 0 Å². The highest BCUT2D eigenvalue weighted by Crippen LogP contribution is 2.04. The maximum absolute atomic E-state index is 8.59. The van der Waals surface area contributed by atoms with Gasteiger partial charge < -0.3 is 5.11 Å². The number of aliphatic hydroxyl groups is 1. The zero-order valence-electron chi connectivity index (χ0n) is 6.56. The number of hydrogen-bond acceptors (Lipinski definition) is 2. The van der Waals surface area contributed by atoms with Crippen LogP contribution in [-0.4, -0.2) is 27.7 Å². The second kappa shape index (κ2) is 7.25. The normalized spacial score (nSPS) is 15.1. The Hall–Kier alpha value is 0.590. The van der Waals surface area contributed by atoms with E-state index in [4.69, 9.17) is 5.11 Å². The Labute approximate surface area is 84.4 Å². The van der Waals surface area contributed by atoms with Crippen molar-refractivity contribution in [2.75, 3.05) is 11.9 Å². The van der Waals surface area contributed by atoms with Crippen LogP contribution in [0.25, 0.3) is 0 Å². The molecule has 1 N–H and O–H groups in total. The van der Waals surface area contributed by atoms with Gasteiger partial charge in [-0.25, -0.2) is 0 Å². The molecule has 0 rings (SSSR count). The first-order valence-corrected chi connectivity index (χ1v) is 5.51. The van der Waals surface area contributed by atoms with Crippen LogP contribution in [0.15, 0.2) is 4.99 Å². The van der Waals surface area contributed by atoms with E-state index in [0.29, 0.717) is 0 Å². The molecule has 66 valence electrons. The first kappa shape index (κ1) is 11.6. The van der Waals surface area contributed by atoms with Crippen LogP contribution in [0.2, 0.25) is 0 Å². The van der Waals surface area contributed by atoms with Crippen LogP contribution < -0.4 is 0 Å². The highest BCUT2D eigenvalue weighted by atomic mass is 79.9. The lowest BCUT2D eigenvalue weighted by Gasteiger charge is -2.03. The summed E-state index contributed by atoms with van der Waals surface area (Å²) in [5, 5.41) is 9.51. The molecule has 0 saturated heterocycles. The number of alkyl halides is 1. The monoisotopic (exact) mass is 285 g/mol. The van der Waals surface area contributed by atoms with Crippen molar-refractivity contribution in [3.05, 3.63) is 0 Å². The second-order valence-electron chi connectivity index (χ2n) is 2.31. The van der Waals surface area contributed by atoms with Crippen LogP contribution in [0.1, 0.15) is 19.8 Å². The summed E-state index contributed by atoms with van der Waals surface area (Å²) in [6.07, 6.45) is 1.65. The third-order valence-electron chi connectivity index (χ3n) is 1.21. The number of nitrogens with zero attached hydrogens (tertiary/aromatic N) is 1. The van der Waals surface area contributed by atoms with Crippen molar-refractivity contribution >= 4 is 36.5 Å². The van der Waals surface area contributed by atoms with Gasteiger partial charge in [-0.1, -0.05) is 15.9 Å². The molecule has 0 fully saturated rings. The van der Waals surface area contributed by atoms with Crippen molar-refractivity contribution < 1.29 is 5.11 Å². The van der Waals surface area contributed by atoms with Crippen molar-refractivity contribution in [2.24, 2.45) is 4.99 Å². The van der Waals surface area contributed by atoms with Gasteiger partial charge >= 0.3 is 0 Å². The van der Waals surface area contributed by atoms with Crippen molar-refractivity contribution in [3.8, 4) is 0 Å². The summed E-state index contributed by atoms with van der Waals surface area (Å²) in [4.78, 5) is 4.30. The molecule has 0 aliphatic heterocycles. The van der Waals surface area contributed by atoms with Crippen LogP contribution in [0.5, 0.6) is 0 Å². The van der Waals surface area contributed by atoms with E-state index in [0.717, 1.165) is 22.8 Å². The van der Waals surface area contributed by atoms with E-state index in [9.17, 15) is 0 Å². The lowest BCUT2D eigenvalue weighted by Crippen LogP contribution is -2.03. The van der Waals surface area contributed by atoms with Crippen molar-refractivity contribution in [1.29, 1.82) is 0 Å². The fraction of sp³-hybridized carbons (Fsp3) is 0.857. The van der Waals surface area contributed by atoms with Crippen molar-refractivity contribution in [1.82, 2.24) is 0 Å². The second-order valence-corrected chi connectivity index (χ2v) is 4.01. The largest absolute Gasteiger partial charge is 0.396 e. The maximum Gasteiger partial charge on any atom is 0.0785 e. The van der Waals surface area contributed by atoms with Gasteiger partial charge in [0.25, 0.3) is 0 Å². The minimum atomic E-state index is 0.208. The van der Waals surface area contributed by atoms with E-state index in [-0.39, 0.29) is 12.6 Å². The summed E-state index contributed by atoms with van der Waals surface area (Å²) in [6, 6.07) is 0.216. The van der Waals surface area contributed by atoms with E-state index in [1.807, 2.05) is 6.92 Å². The Balaban J connectivity index is 3.66. The standard InChI is InChI=1S/C7H13Br2NO/c1-6(3-5-11)10-7(9)2-4-8/h6,11H,2-5H2,1H3. The van der Waals surface area contributed by atoms with Crippen LogP contribution in [0.3, 0.4) is 0 Å². The molecule has 2 nitrogen and oxygen atoms in total. The molecule has 11 heavy (non-hydrogen) atoms. The average Bonchev–Trinajstić information content (AvgIpc) is 1.87. The quantitative estimate of drug-likeness (QED) is 0.611. The molecule has 0 aliphatic rings. The number of rotatable bonds is 5. The molecular weight excluding hydrogens is 274 g/mol. The summed E-state index contributed by atoms with van der Waals surface area (Å²) in [6.45, 7) is 2.20. The van der Waals surface area contributed by atoms with Gasteiger partial charge in [0.15, 0.2) is 0 Å². The summed E-state index contributed by atoms with van der Waals surface area (Å²) < 4.78 is 0.968. The molecule has 0 aliphatic carbocycles. The molecule has 0 aromatic rings. The Kier molecular flexibility index (Phi) is 7.64. The predicted molar refractivity (Wildman–Crippen MR) is 55.9 cm³/mol. The smallest absolute Gasteiger partial charge is 0.0785 e. The molecule has 0 saturated carbocycles. The molecule has 0 aromatic carbocycles. The summed E-state index contributed by atoms with van der Waals surface area (Å²) >= 11 is 6.67. The van der Waals surface area contributed by atoms with E-state index in [1.54, 1.807) is 0 Å². The first-order chi connectivity index (χ1) is 5.20. The van der Waals surface area contributed by atoms with E-state index in [2.05, 4.69) is 36.9 Å². The molecule has 1 unspecified atom stereocenters. The zero-order chi connectivity index (χ0) is 8.69. The van der Waals surface area contributed by atoms with Crippen LogP contribution >= 0.6 is 31.9 Å². The maximum atomic E-state index is 8.59. The fourth-order valence-electron chi connectivity index (χ4n) is 0.633. The van der Waals surface area contributed by atoms with Gasteiger partial charge in [-0.05, 0) is 29.3 Å². The van der Waals surface area contributed by atoms with Gasteiger partial charge in [0.05, 0.1) is 10.7 Å². The third kappa shape index (κ3) is 6.97. The molecule has 0 radical (unpaired) electrons. The van der Waals surface area contributed by atoms with Gasteiger partial charge in [0.2, 0.25) is 0 Å². The minimum Gasteiger partial charge on any atom is -0.396 e. The molecular formula is C7H13Br2NO. The number of halogens is 2. The van der Waals surface area contributed by atoms with E-state index in [1.165, 1.54) is 0 Å². The van der Waals surface area contributed by atoms with Gasteiger partial charge in [-0.2, -0.15) is 0 Å².